The van der Waals surface area contributed by atoms with Gasteiger partial charge in [0.1, 0.15) is 0 Å². The van der Waals surface area contributed by atoms with Crippen LogP contribution < -0.4 is 10.6 Å². The van der Waals surface area contributed by atoms with Crippen molar-refractivity contribution >= 4 is 17.5 Å². The second-order valence-electron chi connectivity index (χ2n) is 6.37. The molecular weight excluding hydrogens is 322 g/mol. The molecule has 0 bridgehead atoms. The number of primary amides is 1. The molecule has 2 aliphatic heterocycles. The van der Waals surface area contributed by atoms with Gasteiger partial charge in [-0.15, -0.1) is 0 Å². The van der Waals surface area contributed by atoms with Crippen LogP contribution in [0.25, 0.3) is 0 Å². The first-order valence-corrected chi connectivity index (χ1v) is 8.39. The molecule has 1 unspecified atom stereocenters. The highest BCUT2D eigenvalue weighted by atomic mass is 16.5. The molecule has 2 aromatic rings. The fourth-order valence-corrected chi connectivity index (χ4v) is 3.62. The van der Waals surface area contributed by atoms with Gasteiger partial charge < -0.3 is 15.2 Å². The summed E-state index contributed by atoms with van der Waals surface area (Å²) >= 11 is 0. The van der Waals surface area contributed by atoms with E-state index in [1.165, 1.54) is 5.56 Å². The number of nitrogens with zero attached hydrogens (tertiary/aromatic N) is 4. The number of likely N-dealkylation sites (tertiary alicyclic amines) is 1. The number of fused-ring (bicyclic) bond motifs is 1. The van der Waals surface area contributed by atoms with Crippen molar-refractivity contribution in [2.24, 2.45) is 5.73 Å². The van der Waals surface area contributed by atoms with Gasteiger partial charge in [0, 0.05) is 12.2 Å². The number of rotatable bonds is 4. The number of anilines is 1. The highest BCUT2D eigenvalue weighted by Gasteiger charge is 2.34. The molecule has 130 valence electrons. The third-order valence-corrected chi connectivity index (χ3v) is 4.84. The van der Waals surface area contributed by atoms with E-state index >= 15 is 0 Å². The minimum atomic E-state index is -0.718. The molecule has 4 rings (SSSR count). The van der Waals surface area contributed by atoms with Crippen LogP contribution in [-0.4, -0.2) is 46.5 Å². The molecule has 1 saturated heterocycles. The molecule has 0 radical (unpaired) electrons. The molecule has 1 fully saturated rings. The Balaban J connectivity index is 1.48. The summed E-state index contributed by atoms with van der Waals surface area (Å²) in [6.07, 6.45) is 2.63. The van der Waals surface area contributed by atoms with E-state index in [0.29, 0.717) is 12.4 Å². The van der Waals surface area contributed by atoms with Gasteiger partial charge in [-0.2, -0.15) is 4.98 Å². The van der Waals surface area contributed by atoms with Gasteiger partial charge in [-0.05, 0) is 37.4 Å². The number of para-hydroxylation sites is 1. The number of carbonyl (C=O) groups is 2. The Hall–Kier alpha value is -2.74. The van der Waals surface area contributed by atoms with Crippen LogP contribution in [0.15, 0.2) is 28.8 Å². The standard InChI is InChI=1S/C17H19N5O3/c18-15(24)16-19-17(25-20-16)13-6-3-8-21(13)10-14(23)22-9-7-11-4-1-2-5-12(11)22/h1-2,4-5,13H,3,6-10H2,(H2,18,24). The zero-order valence-electron chi connectivity index (χ0n) is 13.7. The molecule has 25 heavy (non-hydrogen) atoms. The summed E-state index contributed by atoms with van der Waals surface area (Å²) in [5.74, 6) is -0.432. The number of aromatic nitrogens is 2. The largest absolute Gasteiger partial charge is 0.363 e. The van der Waals surface area contributed by atoms with Crippen LogP contribution in [-0.2, 0) is 11.2 Å². The van der Waals surface area contributed by atoms with E-state index in [-0.39, 0.29) is 24.3 Å². The number of nitrogens with two attached hydrogens (primary N) is 1. The summed E-state index contributed by atoms with van der Waals surface area (Å²) in [5, 5.41) is 3.60. The Bertz CT molecular complexity index is 818. The van der Waals surface area contributed by atoms with Crippen LogP contribution in [0.1, 0.15) is 41.0 Å². The van der Waals surface area contributed by atoms with Gasteiger partial charge in [0.25, 0.3) is 11.7 Å². The first-order chi connectivity index (χ1) is 12.1. The first-order valence-electron chi connectivity index (χ1n) is 8.39. The van der Waals surface area contributed by atoms with Crippen molar-refractivity contribution in [3.8, 4) is 0 Å². The minimum Gasteiger partial charge on any atom is -0.363 e. The van der Waals surface area contributed by atoms with Gasteiger partial charge in [-0.25, -0.2) is 0 Å². The van der Waals surface area contributed by atoms with Crippen LogP contribution in [0.4, 0.5) is 5.69 Å². The van der Waals surface area contributed by atoms with Gasteiger partial charge in [-0.3, -0.25) is 14.5 Å². The lowest BCUT2D eigenvalue weighted by atomic mass is 10.2. The number of amides is 2. The molecule has 0 aliphatic carbocycles. The zero-order valence-corrected chi connectivity index (χ0v) is 13.7. The first kappa shape index (κ1) is 15.8. The van der Waals surface area contributed by atoms with Crippen molar-refractivity contribution in [2.45, 2.75) is 25.3 Å². The third-order valence-electron chi connectivity index (χ3n) is 4.84. The lowest BCUT2D eigenvalue weighted by molar-refractivity contribution is -0.120. The number of benzene rings is 1. The van der Waals surface area contributed by atoms with Crippen molar-refractivity contribution in [2.75, 3.05) is 24.5 Å². The van der Waals surface area contributed by atoms with E-state index in [0.717, 1.165) is 31.5 Å². The van der Waals surface area contributed by atoms with Gasteiger partial charge in [-0.1, -0.05) is 23.4 Å². The molecule has 0 spiro atoms. The summed E-state index contributed by atoms with van der Waals surface area (Å²) in [6, 6.07) is 7.84. The normalized spacial score (nSPS) is 20.0. The van der Waals surface area contributed by atoms with E-state index in [4.69, 9.17) is 10.3 Å². The van der Waals surface area contributed by atoms with Crippen molar-refractivity contribution < 1.29 is 14.1 Å². The second kappa shape index (κ2) is 6.29. The van der Waals surface area contributed by atoms with E-state index in [1.54, 1.807) is 0 Å². The summed E-state index contributed by atoms with van der Waals surface area (Å²) in [4.78, 5) is 31.9. The molecule has 2 aliphatic rings. The van der Waals surface area contributed by atoms with Gasteiger partial charge in [0.05, 0.1) is 12.6 Å². The molecule has 1 atom stereocenters. The second-order valence-corrected chi connectivity index (χ2v) is 6.37. The van der Waals surface area contributed by atoms with E-state index in [2.05, 4.69) is 16.2 Å². The lowest BCUT2D eigenvalue weighted by Crippen LogP contribution is -2.39. The number of hydrogen-bond acceptors (Lipinski definition) is 6. The smallest absolute Gasteiger partial charge is 0.290 e. The average molecular weight is 341 g/mol. The maximum Gasteiger partial charge on any atom is 0.290 e. The van der Waals surface area contributed by atoms with E-state index in [9.17, 15) is 9.59 Å². The van der Waals surface area contributed by atoms with Crippen LogP contribution >= 0.6 is 0 Å². The van der Waals surface area contributed by atoms with Crippen LogP contribution in [0.2, 0.25) is 0 Å². The molecule has 2 amide bonds. The molecule has 3 heterocycles. The summed E-state index contributed by atoms with van der Waals surface area (Å²) < 4.78 is 5.17. The topological polar surface area (TPSA) is 106 Å². The van der Waals surface area contributed by atoms with Gasteiger partial charge in [0.15, 0.2) is 0 Å². The van der Waals surface area contributed by atoms with E-state index in [1.807, 2.05) is 28.0 Å². The fraction of sp³-hybridized carbons (Fsp3) is 0.412. The number of carbonyl (C=O) groups excluding carboxylic acids is 2. The maximum absolute atomic E-state index is 12.8. The Morgan fingerprint density at radius 2 is 2.12 bits per heavy atom. The minimum absolute atomic E-state index is 0.0616. The molecule has 0 saturated carbocycles. The molecule has 1 aromatic carbocycles. The Morgan fingerprint density at radius 3 is 2.92 bits per heavy atom. The lowest BCUT2D eigenvalue weighted by Gasteiger charge is -2.24. The van der Waals surface area contributed by atoms with Gasteiger partial charge in [0.2, 0.25) is 11.8 Å². The monoisotopic (exact) mass is 341 g/mol. The highest BCUT2D eigenvalue weighted by molar-refractivity contribution is 5.96. The van der Waals surface area contributed by atoms with E-state index < -0.39 is 5.91 Å². The van der Waals surface area contributed by atoms with Crippen LogP contribution in [0, 0.1) is 0 Å². The van der Waals surface area contributed by atoms with Gasteiger partial charge >= 0.3 is 0 Å². The highest BCUT2D eigenvalue weighted by Crippen LogP contribution is 2.32. The molecule has 8 heteroatoms. The fourth-order valence-electron chi connectivity index (χ4n) is 3.62. The summed E-state index contributed by atoms with van der Waals surface area (Å²) in [6.45, 7) is 1.77. The predicted octanol–water partition coefficient (Wildman–Crippen LogP) is 0.895. The molecule has 2 N–H and O–H groups in total. The Morgan fingerprint density at radius 1 is 1.28 bits per heavy atom. The Kier molecular flexibility index (Phi) is 3.96. The van der Waals surface area contributed by atoms with Crippen LogP contribution in [0.5, 0.6) is 0 Å². The predicted molar refractivity (Wildman–Crippen MR) is 88.9 cm³/mol. The summed E-state index contributed by atoms with van der Waals surface area (Å²) in [5.41, 5.74) is 7.37. The zero-order chi connectivity index (χ0) is 17.4. The van der Waals surface area contributed by atoms with Crippen molar-refractivity contribution in [1.29, 1.82) is 0 Å². The molecule has 8 nitrogen and oxygen atoms in total. The van der Waals surface area contributed by atoms with Crippen LogP contribution in [0.3, 0.4) is 0 Å². The van der Waals surface area contributed by atoms with Crippen molar-refractivity contribution in [3.05, 3.63) is 41.5 Å². The molecule has 1 aromatic heterocycles. The third kappa shape index (κ3) is 2.89. The Labute approximate surface area is 144 Å². The molecular formula is C17H19N5O3. The average Bonchev–Trinajstić information content (AvgIpc) is 3.33. The van der Waals surface area contributed by atoms with Crippen molar-refractivity contribution in [1.82, 2.24) is 15.0 Å². The SMILES string of the molecule is NC(=O)c1noc(C2CCCN2CC(=O)N2CCc3ccccc32)n1. The summed E-state index contributed by atoms with van der Waals surface area (Å²) in [7, 11) is 0. The maximum atomic E-state index is 12.8. The number of hydrogen-bond donors (Lipinski definition) is 1. The van der Waals surface area contributed by atoms with Crippen molar-refractivity contribution in [3.63, 3.8) is 0 Å². The quantitative estimate of drug-likeness (QED) is 0.885.